The fraction of sp³-hybridized carbons (Fsp3) is 0.333. The number of carbonyl (C=O) groups excluding carboxylic acids is 2. The molecule has 2 aromatic rings. The summed E-state index contributed by atoms with van der Waals surface area (Å²) in [6.07, 6.45) is 2.05. The van der Waals surface area contributed by atoms with Crippen molar-refractivity contribution in [2.45, 2.75) is 25.3 Å². The number of hydrogen-bond donors (Lipinski definition) is 1. The van der Waals surface area contributed by atoms with Crippen molar-refractivity contribution in [2.75, 3.05) is 13.1 Å². The smallest absolute Gasteiger partial charge is 0.251 e. The van der Waals surface area contributed by atoms with E-state index in [0.29, 0.717) is 30.1 Å². The Bertz CT molecular complexity index is 692. The highest BCUT2D eigenvalue weighted by atomic mass is 35.5. The standard InChI is InChI=1S/C18H19ClN2O2S/c19-14-5-3-13(4-6-14)18(23)20-15-7-9-21(10-8-15)17(22)12-16-2-1-11-24-16/h1-6,11,15H,7-10,12H2,(H,20,23). The lowest BCUT2D eigenvalue weighted by atomic mass is 10.0. The van der Waals surface area contributed by atoms with Crippen molar-refractivity contribution in [3.8, 4) is 0 Å². The molecule has 1 aromatic carbocycles. The molecule has 1 N–H and O–H groups in total. The van der Waals surface area contributed by atoms with Gasteiger partial charge in [0.25, 0.3) is 5.91 Å². The molecule has 1 aliphatic rings. The van der Waals surface area contributed by atoms with Gasteiger partial charge in [-0.2, -0.15) is 0 Å². The van der Waals surface area contributed by atoms with Gasteiger partial charge < -0.3 is 10.2 Å². The molecule has 4 nitrogen and oxygen atoms in total. The Balaban J connectivity index is 1.47. The van der Waals surface area contributed by atoms with Gasteiger partial charge in [-0.25, -0.2) is 0 Å². The second-order valence-corrected chi connectivity index (χ2v) is 7.36. The van der Waals surface area contributed by atoms with E-state index >= 15 is 0 Å². The molecule has 1 saturated heterocycles. The summed E-state index contributed by atoms with van der Waals surface area (Å²) in [5, 5.41) is 5.64. The Hall–Kier alpha value is -1.85. The van der Waals surface area contributed by atoms with Crippen LogP contribution in [0.15, 0.2) is 41.8 Å². The average molecular weight is 363 g/mol. The highest BCUT2D eigenvalue weighted by Crippen LogP contribution is 2.16. The summed E-state index contributed by atoms with van der Waals surface area (Å²) in [7, 11) is 0. The van der Waals surface area contributed by atoms with E-state index in [-0.39, 0.29) is 17.9 Å². The molecule has 3 rings (SSSR count). The zero-order chi connectivity index (χ0) is 16.9. The first-order chi connectivity index (χ1) is 11.6. The molecule has 126 valence electrons. The van der Waals surface area contributed by atoms with Crippen molar-refractivity contribution in [2.24, 2.45) is 0 Å². The van der Waals surface area contributed by atoms with E-state index < -0.39 is 0 Å². The maximum atomic E-state index is 12.3. The van der Waals surface area contributed by atoms with Crippen LogP contribution in [-0.4, -0.2) is 35.8 Å². The Morgan fingerprint density at radius 3 is 2.50 bits per heavy atom. The van der Waals surface area contributed by atoms with Crippen molar-refractivity contribution >= 4 is 34.8 Å². The number of nitrogens with one attached hydrogen (secondary N) is 1. The normalized spacial score (nSPS) is 15.3. The summed E-state index contributed by atoms with van der Waals surface area (Å²) in [6.45, 7) is 1.38. The molecule has 1 aromatic heterocycles. The molecule has 0 radical (unpaired) electrons. The maximum absolute atomic E-state index is 12.3. The lowest BCUT2D eigenvalue weighted by Crippen LogP contribution is -2.46. The number of rotatable bonds is 4. The summed E-state index contributed by atoms with van der Waals surface area (Å²) < 4.78 is 0. The minimum absolute atomic E-state index is 0.0879. The highest BCUT2D eigenvalue weighted by Gasteiger charge is 2.24. The Labute approximate surface area is 150 Å². The lowest BCUT2D eigenvalue weighted by molar-refractivity contribution is -0.131. The van der Waals surface area contributed by atoms with Crippen LogP contribution >= 0.6 is 22.9 Å². The van der Waals surface area contributed by atoms with Crippen LogP contribution in [0.1, 0.15) is 28.1 Å². The molecule has 0 bridgehead atoms. The topological polar surface area (TPSA) is 49.4 Å². The van der Waals surface area contributed by atoms with Crippen molar-refractivity contribution in [3.05, 3.63) is 57.2 Å². The third-order valence-electron chi connectivity index (χ3n) is 4.19. The van der Waals surface area contributed by atoms with Gasteiger partial charge in [-0.05, 0) is 48.6 Å². The molecular formula is C18H19ClN2O2S. The molecule has 2 heterocycles. The first-order valence-corrected chi connectivity index (χ1v) is 9.24. The first-order valence-electron chi connectivity index (χ1n) is 7.98. The number of amides is 2. The predicted molar refractivity (Wildman–Crippen MR) is 96.5 cm³/mol. The van der Waals surface area contributed by atoms with E-state index in [1.807, 2.05) is 22.4 Å². The Kier molecular flexibility index (Phi) is 5.53. The number of hydrogen-bond acceptors (Lipinski definition) is 3. The lowest BCUT2D eigenvalue weighted by Gasteiger charge is -2.32. The predicted octanol–water partition coefficient (Wildman–Crippen LogP) is 3.37. The number of piperidine rings is 1. The highest BCUT2D eigenvalue weighted by molar-refractivity contribution is 7.10. The zero-order valence-electron chi connectivity index (χ0n) is 13.2. The van der Waals surface area contributed by atoms with Gasteiger partial charge in [-0.1, -0.05) is 17.7 Å². The van der Waals surface area contributed by atoms with E-state index in [1.165, 1.54) is 0 Å². The number of nitrogens with zero attached hydrogens (tertiary/aromatic N) is 1. The van der Waals surface area contributed by atoms with Crippen LogP contribution in [0.4, 0.5) is 0 Å². The van der Waals surface area contributed by atoms with Crippen LogP contribution < -0.4 is 5.32 Å². The zero-order valence-corrected chi connectivity index (χ0v) is 14.8. The van der Waals surface area contributed by atoms with Crippen molar-refractivity contribution in [1.82, 2.24) is 10.2 Å². The fourth-order valence-corrected chi connectivity index (χ4v) is 3.64. The van der Waals surface area contributed by atoms with E-state index in [1.54, 1.807) is 35.6 Å². The van der Waals surface area contributed by atoms with Gasteiger partial charge in [0.15, 0.2) is 0 Å². The third-order valence-corrected chi connectivity index (χ3v) is 5.32. The summed E-state index contributed by atoms with van der Waals surface area (Å²) in [5.41, 5.74) is 0.607. The first kappa shape index (κ1) is 17.0. The van der Waals surface area contributed by atoms with Crippen molar-refractivity contribution < 1.29 is 9.59 Å². The van der Waals surface area contributed by atoms with Crippen LogP contribution in [-0.2, 0) is 11.2 Å². The van der Waals surface area contributed by atoms with Crippen molar-refractivity contribution in [1.29, 1.82) is 0 Å². The molecular weight excluding hydrogens is 344 g/mol. The number of likely N-dealkylation sites (tertiary alicyclic amines) is 1. The third kappa shape index (κ3) is 4.36. The van der Waals surface area contributed by atoms with Crippen molar-refractivity contribution in [3.63, 3.8) is 0 Å². The second-order valence-electron chi connectivity index (χ2n) is 5.89. The van der Waals surface area contributed by atoms with Gasteiger partial charge in [-0.3, -0.25) is 9.59 Å². The van der Waals surface area contributed by atoms with Crippen LogP contribution in [0.5, 0.6) is 0 Å². The van der Waals surface area contributed by atoms with Gasteiger partial charge in [-0.15, -0.1) is 11.3 Å². The van der Waals surface area contributed by atoms with Gasteiger partial charge in [0.1, 0.15) is 0 Å². The summed E-state index contributed by atoms with van der Waals surface area (Å²) in [6, 6.07) is 10.9. The fourth-order valence-electron chi connectivity index (χ4n) is 2.82. The van der Waals surface area contributed by atoms with Crippen LogP contribution in [0.3, 0.4) is 0 Å². The Morgan fingerprint density at radius 1 is 1.17 bits per heavy atom. The van der Waals surface area contributed by atoms with E-state index in [4.69, 9.17) is 11.6 Å². The van der Waals surface area contributed by atoms with Crippen LogP contribution in [0.25, 0.3) is 0 Å². The van der Waals surface area contributed by atoms with E-state index in [2.05, 4.69) is 5.32 Å². The molecule has 0 spiro atoms. The number of benzene rings is 1. The largest absolute Gasteiger partial charge is 0.349 e. The minimum atomic E-state index is -0.0879. The molecule has 2 amide bonds. The average Bonchev–Trinajstić information content (AvgIpc) is 3.09. The van der Waals surface area contributed by atoms with Gasteiger partial charge >= 0.3 is 0 Å². The van der Waals surface area contributed by atoms with Gasteiger partial charge in [0.2, 0.25) is 5.91 Å². The van der Waals surface area contributed by atoms with E-state index in [9.17, 15) is 9.59 Å². The summed E-state index contributed by atoms with van der Waals surface area (Å²) in [5.74, 6) is 0.0787. The SMILES string of the molecule is O=C(NC1CCN(C(=O)Cc2cccs2)CC1)c1ccc(Cl)cc1. The molecule has 0 unspecified atom stereocenters. The molecule has 0 saturated carbocycles. The number of halogens is 1. The summed E-state index contributed by atoms with van der Waals surface area (Å²) in [4.78, 5) is 27.5. The van der Waals surface area contributed by atoms with Crippen LogP contribution in [0, 0.1) is 0 Å². The molecule has 24 heavy (non-hydrogen) atoms. The number of thiophene rings is 1. The van der Waals surface area contributed by atoms with Gasteiger partial charge in [0.05, 0.1) is 6.42 Å². The van der Waals surface area contributed by atoms with Crippen LogP contribution in [0.2, 0.25) is 5.02 Å². The quantitative estimate of drug-likeness (QED) is 0.906. The molecule has 1 fully saturated rings. The van der Waals surface area contributed by atoms with Gasteiger partial charge in [0, 0.05) is 34.6 Å². The number of carbonyl (C=O) groups is 2. The minimum Gasteiger partial charge on any atom is -0.349 e. The Morgan fingerprint density at radius 2 is 1.88 bits per heavy atom. The maximum Gasteiger partial charge on any atom is 0.251 e. The summed E-state index contributed by atoms with van der Waals surface area (Å²) >= 11 is 7.45. The molecule has 0 aliphatic carbocycles. The monoisotopic (exact) mass is 362 g/mol. The molecule has 0 atom stereocenters. The molecule has 6 heteroatoms. The second kappa shape index (κ2) is 7.81. The van der Waals surface area contributed by atoms with E-state index in [0.717, 1.165) is 17.7 Å². The molecule has 1 aliphatic heterocycles.